The van der Waals surface area contributed by atoms with Crippen LogP contribution in [0.25, 0.3) is 0 Å². The number of nitrogens with one attached hydrogen (secondary N) is 1. The van der Waals surface area contributed by atoms with E-state index in [0.717, 1.165) is 12.8 Å². The first kappa shape index (κ1) is 8.30. The number of halogens is 1. The molecule has 3 nitrogen and oxygen atoms in total. The maximum absolute atomic E-state index is 10.3. The fraction of sp³-hybridized carbons (Fsp3) is 1.00. The highest BCUT2D eigenvalue weighted by Gasteiger charge is 2.18. The van der Waals surface area contributed by atoms with Gasteiger partial charge in [0.05, 0.1) is 0 Å². The Morgan fingerprint density at radius 3 is 2.40 bits per heavy atom. The molecule has 0 aromatic heterocycles. The molecule has 0 bridgehead atoms. The summed E-state index contributed by atoms with van der Waals surface area (Å²) in [5.74, 6) is 0.522. The number of rotatable bonds is 3. The first-order valence-electron chi connectivity index (χ1n) is 3.27. The summed E-state index contributed by atoms with van der Waals surface area (Å²) >= 11 is 0. The van der Waals surface area contributed by atoms with E-state index in [-0.39, 0.29) is 0 Å². The zero-order chi connectivity index (χ0) is 7.61. The zero-order valence-electron chi connectivity index (χ0n) is 5.51. The average Bonchev–Trinajstić information content (AvgIpc) is 1.56. The monoisotopic (exact) mass is 183 g/mol. The minimum Gasteiger partial charge on any atom is -0.202 e. The van der Waals surface area contributed by atoms with Gasteiger partial charge >= 0.3 is 0 Å². The first-order chi connectivity index (χ1) is 4.58. The molecule has 60 valence electrons. The van der Waals surface area contributed by atoms with Gasteiger partial charge in [-0.2, -0.15) is 8.42 Å². The van der Waals surface area contributed by atoms with Gasteiger partial charge in [0.2, 0.25) is 0 Å². The molecule has 10 heavy (non-hydrogen) atoms. The quantitative estimate of drug-likeness (QED) is 0.660. The third-order valence-electron chi connectivity index (χ3n) is 1.77. The van der Waals surface area contributed by atoms with Crippen LogP contribution in [0.2, 0.25) is 0 Å². The Morgan fingerprint density at radius 1 is 1.50 bits per heavy atom. The fourth-order valence-electron chi connectivity index (χ4n) is 0.914. The third kappa shape index (κ3) is 2.86. The Morgan fingerprint density at radius 2 is 2.10 bits per heavy atom. The summed E-state index contributed by atoms with van der Waals surface area (Å²) in [4.78, 5) is 0. The van der Waals surface area contributed by atoms with Crippen molar-refractivity contribution < 1.29 is 8.42 Å². The summed E-state index contributed by atoms with van der Waals surface area (Å²) in [7, 11) is 1.45. The van der Waals surface area contributed by atoms with Crippen molar-refractivity contribution >= 4 is 19.9 Å². The lowest BCUT2D eigenvalue weighted by molar-refractivity contribution is 0.317. The van der Waals surface area contributed by atoms with Crippen LogP contribution in [0, 0.1) is 5.92 Å². The van der Waals surface area contributed by atoms with Crippen molar-refractivity contribution in [1.82, 2.24) is 4.72 Å². The molecule has 1 saturated carbocycles. The molecule has 5 heteroatoms. The highest BCUT2D eigenvalue weighted by Crippen LogP contribution is 2.25. The molecule has 0 heterocycles. The zero-order valence-corrected chi connectivity index (χ0v) is 7.08. The first-order valence-corrected chi connectivity index (χ1v) is 5.58. The van der Waals surface area contributed by atoms with Crippen LogP contribution >= 0.6 is 10.7 Å². The van der Waals surface area contributed by atoms with Gasteiger partial charge in [-0.15, -0.1) is 0 Å². The lowest BCUT2D eigenvalue weighted by atomic mass is 9.86. The van der Waals surface area contributed by atoms with Gasteiger partial charge < -0.3 is 0 Å². The highest BCUT2D eigenvalue weighted by molar-refractivity contribution is 8.12. The third-order valence-corrected chi connectivity index (χ3v) is 2.61. The van der Waals surface area contributed by atoms with Crippen molar-refractivity contribution in [2.45, 2.75) is 19.3 Å². The summed E-state index contributed by atoms with van der Waals surface area (Å²) in [6.45, 7) is 0.506. The van der Waals surface area contributed by atoms with Crippen molar-refractivity contribution in [1.29, 1.82) is 0 Å². The second-order valence-corrected chi connectivity index (χ2v) is 4.97. The van der Waals surface area contributed by atoms with Crippen LogP contribution in [0.15, 0.2) is 0 Å². The minimum atomic E-state index is -3.47. The molecule has 0 radical (unpaired) electrons. The molecule has 0 aliphatic heterocycles. The highest BCUT2D eigenvalue weighted by atomic mass is 35.7. The minimum absolute atomic E-state index is 0.506. The van der Waals surface area contributed by atoms with Crippen molar-refractivity contribution in [3.8, 4) is 0 Å². The van der Waals surface area contributed by atoms with Crippen LogP contribution in [0.4, 0.5) is 0 Å². The Hall–Kier alpha value is 0.200. The van der Waals surface area contributed by atoms with Gasteiger partial charge in [0.1, 0.15) is 0 Å². The summed E-state index contributed by atoms with van der Waals surface area (Å²) in [6, 6.07) is 0. The van der Waals surface area contributed by atoms with E-state index in [2.05, 4.69) is 4.72 Å². The van der Waals surface area contributed by atoms with Crippen LogP contribution < -0.4 is 4.72 Å². The maximum Gasteiger partial charge on any atom is 0.297 e. The van der Waals surface area contributed by atoms with Crippen LogP contribution in [-0.4, -0.2) is 15.0 Å². The van der Waals surface area contributed by atoms with Gasteiger partial charge in [0, 0.05) is 17.2 Å². The molecular formula is C5H10ClNO2S. The molecule has 0 aromatic carbocycles. The van der Waals surface area contributed by atoms with Gasteiger partial charge in [-0.05, 0) is 18.8 Å². The molecule has 0 spiro atoms. The Bertz CT molecular complexity index is 198. The summed E-state index contributed by atoms with van der Waals surface area (Å²) in [5.41, 5.74) is 0. The summed E-state index contributed by atoms with van der Waals surface area (Å²) in [5, 5.41) is 0. The van der Waals surface area contributed by atoms with Gasteiger partial charge in [-0.1, -0.05) is 6.42 Å². The molecule has 1 aliphatic carbocycles. The lowest BCUT2D eigenvalue weighted by Gasteiger charge is -2.24. The second-order valence-electron chi connectivity index (χ2n) is 2.58. The van der Waals surface area contributed by atoms with E-state index in [1.165, 1.54) is 6.42 Å². The van der Waals surface area contributed by atoms with Gasteiger partial charge in [0.15, 0.2) is 0 Å². The molecule has 1 rings (SSSR count). The van der Waals surface area contributed by atoms with E-state index in [0.29, 0.717) is 12.5 Å². The predicted octanol–water partition coefficient (Wildman–Crippen LogP) is 0.860. The Kier molecular flexibility index (Phi) is 2.55. The molecule has 0 saturated heterocycles. The van der Waals surface area contributed by atoms with Gasteiger partial charge in [0.25, 0.3) is 9.24 Å². The van der Waals surface area contributed by atoms with Crippen LogP contribution in [0.1, 0.15) is 19.3 Å². The fourth-order valence-corrected chi connectivity index (χ4v) is 1.54. The van der Waals surface area contributed by atoms with E-state index in [1.54, 1.807) is 0 Å². The molecule has 0 unspecified atom stereocenters. The summed E-state index contributed by atoms with van der Waals surface area (Å²) < 4.78 is 22.9. The normalized spacial score (nSPS) is 20.5. The van der Waals surface area contributed by atoms with Crippen molar-refractivity contribution in [2.75, 3.05) is 6.54 Å². The van der Waals surface area contributed by atoms with Crippen molar-refractivity contribution in [2.24, 2.45) is 5.92 Å². The molecule has 0 aromatic rings. The second kappa shape index (κ2) is 3.07. The Labute approximate surface area is 65.3 Å². The van der Waals surface area contributed by atoms with Gasteiger partial charge in [-0.3, -0.25) is 0 Å². The molecule has 1 aliphatic rings. The molecular weight excluding hydrogens is 174 g/mol. The standard InChI is InChI=1S/C5H10ClNO2S/c6-10(8,9)7-4-5-2-1-3-5/h5,7H,1-4H2. The lowest BCUT2D eigenvalue weighted by Crippen LogP contribution is -2.29. The average molecular weight is 184 g/mol. The van der Waals surface area contributed by atoms with Crippen molar-refractivity contribution in [3.05, 3.63) is 0 Å². The van der Waals surface area contributed by atoms with E-state index in [4.69, 9.17) is 10.7 Å². The Balaban J connectivity index is 2.16. The summed E-state index contributed by atoms with van der Waals surface area (Å²) in [6.07, 6.45) is 3.47. The SMILES string of the molecule is O=S(=O)(Cl)NCC1CCC1. The van der Waals surface area contributed by atoms with Gasteiger partial charge in [-0.25, -0.2) is 4.72 Å². The maximum atomic E-state index is 10.3. The topological polar surface area (TPSA) is 46.2 Å². The van der Waals surface area contributed by atoms with E-state index >= 15 is 0 Å². The van der Waals surface area contributed by atoms with E-state index in [1.807, 2.05) is 0 Å². The molecule has 1 fully saturated rings. The number of hydrogen-bond donors (Lipinski definition) is 1. The smallest absolute Gasteiger partial charge is 0.202 e. The van der Waals surface area contributed by atoms with E-state index < -0.39 is 9.24 Å². The van der Waals surface area contributed by atoms with Crippen molar-refractivity contribution in [3.63, 3.8) is 0 Å². The van der Waals surface area contributed by atoms with Crippen LogP contribution in [-0.2, 0) is 9.24 Å². The molecule has 0 atom stereocenters. The molecule has 1 N–H and O–H groups in total. The van der Waals surface area contributed by atoms with E-state index in [9.17, 15) is 8.42 Å². The molecule has 0 amide bonds. The largest absolute Gasteiger partial charge is 0.297 e. The predicted molar refractivity (Wildman–Crippen MR) is 40.1 cm³/mol. The van der Waals surface area contributed by atoms with Crippen LogP contribution in [0.3, 0.4) is 0 Å². The number of hydrogen-bond acceptors (Lipinski definition) is 2. The van der Waals surface area contributed by atoms with Crippen LogP contribution in [0.5, 0.6) is 0 Å².